The molecule has 1 unspecified atom stereocenters. The predicted molar refractivity (Wildman–Crippen MR) is 130 cm³/mol. The molecule has 4 rings (SSSR count). The van der Waals surface area contributed by atoms with Crippen LogP contribution < -0.4 is 9.46 Å². The predicted octanol–water partition coefficient (Wildman–Crippen LogP) is 2.18. The number of aliphatic hydroxyl groups excluding tert-OH is 1. The Kier molecular flexibility index (Phi) is 7.03. The summed E-state index contributed by atoms with van der Waals surface area (Å²) >= 11 is 0. The van der Waals surface area contributed by atoms with Crippen molar-refractivity contribution in [1.29, 1.82) is 0 Å². The van der Waals surface area contributed by atoms with Gasteiger partial charge in [0.15, 0.2) is 0 Å². The number of nitrogens with zero attached hydrogens (tertiary/aromatic N) is 2. The Morgan fingerprint density at radius 2 is 1.88 bits per heavy atom. The fraction of sp³-hybridized carbons (Fsp3) is 0.720. The second-order valence-corrected chi connectivity index (χ2v) is 12.9. The van der Waals surface area contributed by atoms with E-state index in [9.17, 15) is 18.3 Å². The minimum atomic E-state index is -3.84. The van der Waals surface area contributed by atoms with Crippen molar-refractivity contribution in [1.82, 2.24) is 14.5 Å². The van der Waals surface area contributed by atoms with Gasteiger partial charge in [-0.2, -0.15) is 0 Å². The highest BCUT2D eigenvalue weighted by atomic mass is 32.2. The Hall–Kier alpha value is -1.68. The molecular formula is C25H39N3O5S. The summed E-state index contributed by atoms with van der Waals surface area (Å²) in [7, 11) is -1.90. The van der Waals surface area contributed by atoms with Gasteiger partial charge in [0.05, 0.1) is 12.7 Å². The lowest BCUT2D eigenvalue weighted by molar-refractivity contribution is -0.139. The number of aliphatic hydroxyl groups is 1. The van der Waals surface area contributed by atoms with Crippen LogP contribution in [0.1, 0.15) is 57.9 Å². The number of carbonyl (C=O) groups excluding carboxylic acids is 1. The molecule has 9 heteroatoms. The Balaban J connectivity index is 1.62. The van der Waals surface area contributed by atoms with Crippen molar-refractivity contribution < 1.29 is 23.1 Å². The number of benzene rings is 1. The first-order valence-corrected chi connectivity index (χ1v) is 13.8. The van der Waals surface area contributed by atoms with Crippen molar-refractivity contribution in [3.63, 3.8) is 0 Å². The first kappa shape index (κ1) is 25.4. The summed E-state index contributed by atoms with van der Waals surface area (Å²) < 4.78 is 34.9. The van der Waals surface area contributed by atoms with Crippen molar-refractivity contribution in [2.24, 2.45) is 10.8 Å². The van der Waals surface area contributed by atoms with E-state index in [1.165, 1.54) is 0 Å². The van der Waals surface area contributed by atoms with Crippen LogP contribution in [0.25, 0.3) is 0 Å². The fourth-order valence-electron chi connectivity index (χ4n) is 5.11. The molecule has 2 N–H and O–H groups in total. The molecule has 1 spiro atoms. The first-order chi connectivity index (χ1) is 15.9. The van der Waals surface area contributed by atoms with Crippen molar-refractivity contribution >= 4 is 15.9 Å². The van der Waals surface area contributed by atoms with Crippen LogP contribution in [0, 0.1) is 10.8 Å². The lowest BCUT2D eigenvalue weighted by Crippen LogP contribution is -2.52. The van der Waals surface area contributed by atoms with Gasteiger partial charge >= 0.3 is 0 Å². The number of likely N-dealkylation sites (tertiary alicyclic amines) is 1. The van der Waals surface area contributed by atoms with Crippen molar-refractivity contribution in [3.8, 4) is 5.75 Å². The van der Waals surface area contributed by atoms with E-state index in [2.05, 4.69) is 23.5 Å². The van der Waals surface area contributed by atoms with Gasteiger partial charge < -0.3 is 19.6 Å². The molecule has 3 aliphatic rings. The molecule has 8 nitrogen and oxygen atoms in total. The highest BCUT2D eigenvalue weighted by molar-refractivity contribution is 7.89. The van der Waals surface area contributed by atoms with E-state index in [4.69, 9.17) is 4.74 Å². The maximum absolute atomic E-state index is 13.0. The largest absolute Gasteiger partial charge is 0.492 e. The summed E-state index contributed by atoms with van der Waals surface area (Å²) in [5.74, 6) is 0.829. The molecule has 0 radical (unpaired) electrons. The Morgan fingerprint density at radius 1 is 1.21 bits per heavy atom. The number of fused-ring (bicyclic) bond motifs is 1. The second kappa shape index (κ2) is 9.41. The van der Waals surface area contributed by atoms with Gasteiger partial charge in [-0.05, 0) is 56.3 Å². The van der Waals surface area contributed by atoms with Crippen molar-refractivity contribution in [2.45, 2.75) is 63.4 Å². The third-order valence-corrected chi connectivity index (χ3v) is 9.19. The number of hydrogen-bond donors (Lipinski definition) is 2. The number of hydrogen-bond acceptors (Lipinski definition) is 6. The number of carbonyl (C=O) groups is 1. The summed E-state index contributed by atoms with van der Waals surface area (Å²) in [4.78, 5) is 17.0. The van der Waals surface area contributed by atoms with Crippen LogP contribution in [0.5, 0.6) is 5.75 Å². The number of nitrogens with one attached hydrogen (secondary N) is 1. The third kappa shape index (κ3) is 5.42. The summed E-state index contributed by atoms with van der Waals surface area (Å²) in [6, 6.07) is 5.24. The number of likely N-dealkylation sites (N-methyl/N-ethyl adjacent to an activating group) is 1. The molecule has 34 heavy (non-hydrogen) atoms. The van der Waals surface area contributed by atoms with E-state index in [1.54, 1.807) is 6.07 Å². The Labute approximate surface area is 203 Å². The highest BCUT2D eigenvalue weighted by Gasteiger charge is 2.49. The fourth-order valence-corrected chi connectivity index (χ4v) is 6.31. The smallest absolute Gasteiger partial charge is 0.244 e. The minimum absolute atomic E-state index is 0.0636. The van der Waals surface area contributed by atoms with E-state index >= 15 is 0 Å². The van der Waals surface area contributed by atoms with Gasteiger partial charge in [-0.15, -0.1) is 0 Å². The third-order valence-electron chi connectivity index (χ3n) is 7.72. The van der Waals surface area contributed by atoms with Gasteiger partial charge in [0, 0.05) is 43.6 Å². The normalized spacial score (nSPS) is 26.8. The molecule has 2 heterocycles. The molecule has 1 saturated heterocycles. The van der Waals surface area contributed by atoms with Crippen LogP contribution in [0.15, 0.2) is 23.1 Å². The molecule has 0 aromatic heterocycles. The van der Waals surface area contributed by atoms with Crippen LogP contribution in [0.3, 0.4) is 0 Å². The summed E-state index contributed by atoms with van der Waals surface area (Å²) in [5.41, 5.74) is 0.587. The van der Waals surface area contributed by atoms with Crippen molar-refractivity contribution in [3.05, 3.63) is 23.8 Å². The maximum Gasteiger partial charge on any atom is 0.244 e. The number of β-amino-alcohol motifs (C(OH)–C–C–N with tert-alkyl or cyclic N) is 1. The second-order valence-electron chi connectivity index (χ2n) is 11.2. The van der Waals surface area contributed by atoms with Gasteiger partial charge in [-0.25, -0.2) is 13.1 Å². The van der Waals surface area contributed by atoms with Crippen LogP contribution in [0.2, 0.25) is 0 Å². The average Bonchev–Trinajstić information content (AvgIpc) is 3.54. The average molecular weight is 494 g/mol. The van der Waals surface area contributed by atoms with E-state index < -0.39 is 16.1 Å². The summed E-state index contributed by atoms with van der Waals surface area (Å²) in [5, 5.41) is 10.5. The molecule has 1 saturated carbocycles. The van der Waals surface area contributed by atoms with E-state index in [-0.39, 0.29) is 34.1 Å². The van der Waals surface area contributed by atoms with E-state index in [0.717, 1.165) is 31.2 Å². The Morgan fingerprint density at radius 3 is 2.50 bits per heavy atom. The maximum atomic E-state index is 13.0. The van der Waals surface area contributed by atoms with Gasteiger partial charge in [0.25, 0.3) is 0 Å². The standard InChI is InChI=1S/C25H39N3O5S/c1-18(2)19-5-6-22-21(13-19)33-17-25(16-27(4)15-20(29)14-26-34(22,31)32)9-11-28(12-10-25)23(30)24(3)7-8-24/h5-6,13,18,20,26,29H,7-12,14-17H2,1-4H3. The molecule has 1 atom stereocenters. The van der Waals surface area contributed by atoms with Crippen LogP contribution in [-0.2, 0) is 14.8 Å². The van der Waals surface area contributed by atoms with Crippen LogP contribution >= 0.6 is 0 Å². The van der Waals surface area contributed by atoms with Gasteiger partial charge in [0.2, 0.25) is 15.9 Å². The number of rotatable bonds is 2. The molecular weight excluding hydrogens is 454 g/mol. The van der Waals surface area contributed by atoms with Crippen LogP contribution in [-0.4, -0.2) is 81.7 Å². The van der Waals surface area contributed by atoms with E-state index in [0.29, 0.717) is 38.5 Å². The lowest BCUT2D eigenvalue weighted by atomic mass is 9.78. The van der Waals surface area contributed by atoms with Gasteiger partial charge in [-0.1, -0.05) is 26.8 Å². The molecule has 1 aromatic carbocycles. The molecule has 2 aliphatic heterocycles. The summed E-state index contributed by atoms with van der Waals surface area (Å²) in [6.45, 7) is 8.86. The van der Waals surface area contributed by atoms with E-state index in [1.807, 2.05) is 31.0 Å². The highest BCUT2D eigenvalue weighted by Crippen LogP contribution is 2.47. The monoisotopic (exact) mass is 493 g/mol. The number of ether oxygens (including phenoxy) is 1. The zero-order valence-electron chi connectivity index (χ0n) is 20.8. The topological polar surface area (TPSA) is 99.2 Å². The van der Waals surface area contributed by atoms with Gasteiger partial charge in [0.1, 0.15) is 10.6 Å². The quantitative estimate of drug-likeness (QED) is 0.655. The molecule has 1 aliphatic carbocycles. The molecule has 0 bridgehead atoms. The first-order valence-electron chi connectivity index (χ1n) is 12.4. The SMILES string of the molecule is CC(C)c1ccc2c(c1)OCC1(CCN(C(=O)C3(C)CC3)CC1)CN(C)CC(O)CNS2(=O)=O. The zero-order valence-corrected chi connectivity index (χ0v) is 21.7. The van der Waals surface area contributed by atoms with Crippen LogP contribution in [0.4, 0.5) is 0 Å². The molecule has 1 amide bonds. The molecule has 2 fully saturated rings. The minimum Gasteiger partial charge on any atom is -0.492 e. The number of amides is 1. The van der Waals surface area contributed by atoms with Crippen molar-refractivity contribution in [2.75, 3.05) is 46.4 Å². The molecule has 1 aromatic rings. The molecule has 190 valence electrons. The Bertz CT molecular complexity index is 1010. The summed E-state index contributed by atoms with van der Waals surface area (Å²) in [6.07, 6.45) is 2.66. The number of sulfonamides is 1. The zero-order chi connectivity index (χ0) is 24.7. The number of piperidine rings is 1. The lowest BCUT2D eigenvalue weighted by Gasteiger charge is -2.44. The van der Waals surface area contributed by atoms with Gasteiger partial charge in [-0.3, -0.25) is 4.79 Å².